The average Bonchev–Trinajstić information content (AvgIpc) is 2.41. The number of pyridine rings is 1. The standard InChI is InChI=1S/C12H15NO2.2C2H6/c1-8(2)5-11-7-10(12(14)15-4)6-9(3)13-11;2*1-2/h5-7H,1-4H3;2*1-2H3. The van der Waals surface area contributed by atoms with E-state index in [1.807, 2.05) is 54.5 Å². The smallest absolute Gasteiger partial charge is 0.337 e. The maximum atomic E-state index is 11.3. The normalized spacial score (nSPS) is 8.21. The lowest BCUT2D eigenvalue weighted by molar-refractivity contribution is 0.0600. The predicted octanol–water partition coefficient (Wildman–Crippen LogP) is 4.65. The maximum absolute atomic E-state index is 11.3. The number of ether oxygens (including phenoxy) is 1. The molecule has 0 radical (unpaired) electrons. The Morgan fingerprint density at radius 2 is 1.68 bits per heavy atom. The highest BCUT2D eigenvalue weighted by Gasteiger charge is 2.07. The lowest BCUT2D eigenvalue weighted by atomic mass is 10.1. The molecule has 1 heterocycles. The zero-order chi connectivity index (χ0) is 15.4. The van der Waals surface area contributed by atoms with Crippen molar-refractivity contribution in [1.29, 1.82) is 0 Å². The minimum Gasteiger partial charge on any atom is -0.465 e. The van der Waals surface area contributed by atoms with Gasteiger partial charge in [-0.15, -0.1) is 0 Å². The highest BCUT2D eigenvalue weighted by atomic mass is 16.5. The van der Waals surface area contributed by atoms with Crippen LogP contribution >= 0.6 is 0 Å². The van der Waals surface area contributed by atoms with Gasteiger partial charge >= 0.3 is 5.97 Å². The van der Waals surface area contributed by atoms with Crippen molar-refractivity contribution < 1.29 is 9.53 Å². The minimum atomic E-state index is -0.330. The number of esters is 1. The number of carbonyl (C=O) groups is 1. The number of methoxy groups -OCH3 is 1. The Labute approximate surface area is 117 Å². The summed E-state index contributed by atoms with van der Waals surface area (Å²) in [5, 5.41) is 0. The molecular formula is C16H27NO2. The Morgan fingerprint density at radius 1 is 1.16 bits per heavy atom. The third kappa shape index (κ3) is 8.14. The molecule has 0 saturated carbocycles. The number of hydrogen-bond donors (Lipinski definition) is 0. The first-order valence-corrected chi connectivity index (χ1v) is 6.75. The van der Waals surface area contributed by atoms with Crippen molar-refractivity contribution in [2.24, 2.45) is 0 Å². The van der Waals surface area contributed by atoms with Gasteiger partial charge in [-0.2, -0.15) is 0 Å². The topological polar surface area (TPSA) is 39.2 Å². The van der Waals surface area contributed by atoms with E-state index in [4.69, 9.17) is 0 Å². The van der Waals surface area contributed by atoms with Gasteiger partial charge in [0.15, 0.2) is 0 Å². The van der Waals surface area contributed by atoms with Crippen LogP contribution < -0.4 is 0 Å². The molecule has 0 spiro atoms. The van der Waals surface area contributed by atoms with Gasteiger partial charge in [0.1, 0.15) is 0 Å². The van der Waals surface area contributed by atoms with Gasteiger partial charge in [-0.1, -0.05) is 33.3 Å². The van der Waals surface area contributed by atoms with Gasteiger partial charge in [0.25, 0.3) is 0 Å². The van der Waals surface area contributed by atoms with E-state index < -0.39 is 0 Å². The number of nitrogens with zero attached hydrogens (tertiary/aromatic N) is 1. The Hall–Kier alpha value is -1.64. The van der Waals surface area contributed by atoms with Crippen molar-refractivity contribution in [1.82, 2.24) is 4.98 Å². The van der Waals surface area contributed by atoms with E-state index in [2.05, 4.69) is 9.72 Å². The summed E-state index contributed by atoms with van der Waals surface area (Å²) in [6.45, 7) is 13.8. The molecule has 0 bridgehead atoms. The molecular weight excluding hydrogens is 238 g/mol. The van der Waals surface area contributed by atoms with Crippen LogP contribution in [0, 0.1) is 6.92 Å². The number of rotatable bonds is 2. The summed E-state index contributed by atoms with van der Waals surface area (Å²) in [6.07, 6.45) is 1.93. The monoisotopic (exact) mass is 265 g/mol. The second-order valence-electron chi connectivity index (χ2n) is 3.64. The van der Waals surface area contributed by atoms with E-state index in [-0.39, 0.29) is 5.97 Å². The lowest BCUT2D eigenvalue weighted by Crippen LogP contribution is -2.03. The van der Waals surface area contributed by atoms with E-state index in [9.17, 15) is 4.79 Å². The van der Waals surface area contributed by atoms with Crippen molar-refractivity contribution in [3.63, 3.8) is 0 Å². The van der Waals surface area contributed by atoms with E-state index in [0.717, 1.165) is 17.0 Å². The van der Waals surface area contributed by atoms with Crippen LogP contribution in [0.15, 0.2) is 17.7 Å². The molecule has 0 aliphatic heterocycles. The summed E-state index contributed by atoms with van der Waals surface area (Å²) < 4.78 is 4.66. The number of carbonyl (C=O) groups excluding carboxylic acids is 1. The Morgan fingerprint density at radius 3 is 2.11 bits per heavy atom. The van der Waals surface area contributed by atoms with Crippen molar-refractivity contribution in [3.05, 3.63) is 34.7 Å². The summed E-state index contributed by atoms with van der Waals surface area (Å²) >= 11 is 0. The van der Waals surface area contributed by atoms with E-state index in [1.54, 1.807) is 12.1 Å². The van der Waals surface area contributed by atoms with Crippen molar-refractivity contribution in [3.8, 4) is 0 Å². The van der Waals surface area contributed by atoms with Crippen LogP contribution in [-0.2, 0) is 4.74 Å². The third-order valence-corrected chi connectivity index (χ3v) is 1.83. The first-order chi connectivity index (χ1) is 9.02. The molecule has 108 valence electrons. The van der Waals surface area contributed by atoms with Crippen LogP contribution in [0.25, 0.3) is 6.08 Å². The summed E-state index contributed by atoms with van der Waals surface area (Å²) in [5.41, 5.74) is 3.28. The van der Waals surface area contributed by atoms with Gasteiger partial charge in [-0.25, -0.2) is 4.79 Å². The second-order valence-corrected chi connectivity index (χ2v) is 3.64. The molecule has 0 N–H and O–H groups in total. The molecule has 19 heavy (non-hydrogen) atoms. The zero-order valence-corrected chi connectivity index (χ0v) is 13.5. The second kappa shape index (κ2) is 11.5. The fraction of sp³-hybridized carbons (Fsp3) is 0.500. The third-order valence-electron chi connectivity index (χ3n) is 1.83. The highest BCUT2D eigenvalue weighted by Crippen LogP contribution is 2.10. The summed E-state index contributed by atoms with van der Waals surface area (Å²) in [7, 11) is 1.37. The molecule has 0 fully saturated rings. The molecule has 1 aromatic heterocycles. The molecule has 0 aromatic carbocycles. The fourth-order valence-corrected chi connectivity index (χ4v) is 1.30. The quantitative estimate of drug-likeness (QED) is 0.730. The van der Waals surface area contributed by atoms with Gasteiger partial charge in [0.05, 0.1) is 18.4 Å². The van der Waals surface area contributed by atoms with Crippen molar-refractivity contribution >= 4 is 12.0 Å². The fourth-order valence-electron chi connectivity index (χ4n) is 1.30. The number of aromatic nitrogens is 1. The summed E-state index contributed by atoms with van der Waals surface area (Å²) in [6, 6.07) is 3.44. The van der Waals surface area contributed by atoms with Gasteiger partial charge in [-0.3, -0.25) is 4.98 Å². The first kappa shape index (κ1) is 19.7. The molecule has 3 heteroatoms. The highest BCUT2D eigenvalue weighted by molar-refractivity contribution is 5.89. The average molecular weight is 265 g/mol. The number of allylic oxidation sites excluding steroid dienone is 1. The van der Waals surface area contributed by atoms with E-state index >= 15 is 0 Å². The zero-order valence-electron chi connectivity index (χ0n) is 13.5. The van der Waals surface area contributed by atoms with Crippen LogP contribution in [-0.4, -0.2) is 18.1 Å². The van der Waals surface area contributed by atoms with Crippen LogP contribution in [0.4, 0.5) is 0 Å². The Kier molecular flexibility index (Phi) is 11.9. The SMILES string of the molecule is CC.CC.COC(=O)c1cc(C)nc(C=C(C)C)c1. The van der Waals surface area contributed by atoms with E-state index in [1.165, 1.54) is 7.11 Å². The minimum absolute atomic E-state index is 0.330. The molecule has 3 nitrogen and oxygen atoms in total. The lowest BCUT2D eigenvalue weighted by Gasteiger charge is -2.02. The molecule has 0 atom stereocenters. The molecule has 0 saturated heterocycles. The Bertz CT molecular complexity index is 405. The first-order valence-electron chi connectivity index (χ1n) is 6.75. The molecule has 0 aliphatic carbocycles. The number of hydrogen-bond acceptors (Lipinski definition) is 3. The summed E-state index contributed by atoms with van der Waals surface area (Å²) in [4.78, 5) is 15.6. The van der Waals surface area contributed by atoms with Crippen LogP contribution in [0.3, 0.4) is 0 Å². The molecule has 0 amide bonds. The van der Waals surface area contributed by atoms with Crippen molar-refractivity contribution in [2.45, 2.75) is 48.5 Å². The van der Waals surface area contributed by atoms with Gasteiger partial charge in [-0.05, 0) is 39.0 Å². The van der Waals surface area contributed by atoms with E-state index in [0.29, 0.717) is 5.56 Å². The molecule has 0 aliphatic rings. The van der Waals surface area contributed by atoms with Crippen molar-refractivity contribution in [2.75, 3.05) is 7.11 Å². The van der Waals surface area contributed by atoms with Crippen LogP contribution in [0.1, 0.15) is 63.3 Å². The molecule has 0 unspecified atom stereocenters. The van der Waals surface area contributed by atoms with Gasteiger partial charge < -0.3 is 4.74 Å². The maximum Gasteiger partial charge on any atom is 0.337 e. The van der Waals surface area contributed by atoms with Crippen LogP contribution in [0.5, 0.6) is 0 Å². The molecule has 1 rings (SSSR count). The largest absolute Gasteiger partial charge is 0.465 e. The summed E-state index contributed by atoms with van der Waals surface area (Å²) in [5.74, 6) is -0.330. The predicted molar refractivity (Wildman–Crippen MR) is 82.3 cm³/mol. The Balaban J connectivity index is 0. The van der Waals surface area contributed by atoms with Crippen LogP contribution in [0.2, 0.25) is 0 Å². The molecule has 1 aromatic rings. The van der Waals surface area contributed by atoms with Gasteiger partial charge in [0.2, 0.25) is 0 Å². The number of aryl methyl sites for hydroxylation is 1. The van der Waals surface area contributed by atoms with Gasteiger partial charge in [0, 0.05) is 5.69 Å².